The van der Waals surface area contributed by atoms with E-state index in [4.69, 9.17) is 5.11 Å². The summed E-state index contributed by atoms with van der Waals surface area (Å²) in [5, 5.41) is 18.5. The smallest absolute Gasteiger partial charge is 0.307 e. The number of rotatable bonds is 3. The lowest BCUT2D eigenvalue weighted by molar-refractivity contribution is -0.145. The van der Waals surface area contributed by atoms with E-state index in [-0.39, 0.29) is 11.7 Å². The first-order valence-corrected chi connectivity index (χ1v) is 6.30. The Bertz CT molecular complexity index is 500. The van der Waals surface area contributed by atoms with Crippen LogP contribution in [0.1, 0.15) is 19.3 Å². The lowest BCUT2D eigenvalue weighted by Gasteiger charge is -2.23. The minimum Gasteiger partial charge on any atom is -0.508 e. The Morgan fingerprint density at radius 1 is 1.26 bits per heavy atom. The molecule has 1 amide bonds. The third-order valence-corrected chi connectivity index (χ3v) is 3.70. The molecule has 1 aliphatic rings. The van der Waals surface area contributed by atoms with E-state index in [0.717, 1.165) is 6.42 Å². The van der Waals surface area contributed by atoms with Gasteiger partial charge in [0, 0.05) is 18.8 Å². The second-order valence-corrected chi connectivity index (χ2v) is 4.90. The van der Waals surface area contributed by atoms with Gasteiger partial charge in [-0.05, 0) is 25.0 Å². The van der Waals surface area contributed by atoms with Crippen LogP contribution in [0.15, 0.2) is 24.3 Å². The number of phenols is 1. The van der Waals surface area contributed by atoms with Crippen LogP contribution in [-0.2, 0) is 9.59 Å². The van der Waals surface area contributed by atoms with Crippen molar-refractivity contribution in [2.24, 2.45) is 11.8 Å². The minimum atomic E-state index is -0.903. The zero-order valence-corrected chi connectivity index (χ0v) is 10.7. The average molecular weight is 263 g/mol. The number of aromatic hydroxyl groups is 1. The number of anilines is 1. The van der Waals surface area contributed by atoms with Crippen molar-refractivity contribution in [1.29, 1.82) is 0 Å². The summed E-state index contributed by atoms with van der Waals surface area (Å²) in [6.45, 7) is 0. The molecule has 5 nitrogen and oxygen atoms in total. The maximum Gasteiger partial charge on any atom is 0.307 e. The topological polar surface area (TPSA) is 77.8 Å². The van der Waals surface area contributed by atoms with E-state index in [1.54, 1.807) is 19.2 Å². The van der Waals surface area contributed by atoms with Crippen LogP contribution < -0.4 is 4.90 Å². The highest BCUT2D eigenvalue weighted by molar-refractivity contribution is 5.97. The van der Waals surface area contributed by atoms with Crippen LogP contribution in [0, 0.1) is 11.8 Å². The van der Waals surface area contributed by atoms with Crippen LogP contribution in [0.4, 0.5) is 5.69 Å². The van der Waals surface area contributed by atoms with E-state index in [1.165, 1.54) is 17.0 Å². The van der Waals surface area contributed by atoms with E-state index < -0.39 is 17.8 Å². The molecule has 5 heteroatoms. The van der Waals surface area contributed by atoms with Gasteiger partial charge in [-0.1, -0.05) is 12.5 Å². The number of carboxylic acid groups (broad SMARTS) is 1. The van der Waals surface area contributed by atoms with Crippen molar-refractivity contribution < 1.29 is 19.8 Å². The Morgan fingerprint density at radius 3 is 2.58 bits per heavy atom. The second kappa shape index (κ2) is 5.30. The van der Waals surface area contributed by atoms with Crippen molar-refractivity contribution >= 4 is 17.6 Å². The molecule has 19 heavy (non-hydrogen) atoms. The number of carbonyl (C=O) groups excluding carboxylic acids is 1. The Balaban J connectivity index is 2.17. The first-order chi connectivity index (χ1) is 9.00. The fraction of sp³-hybridized carbons (Fsp3) is 0.429. The molecule has 0 saturated heterocycles. The SMILES string of the molecule is CN(C(=O)[C@@H]1CCC[C@@H]1C(=O)O)c1cccc(O)c1. The molecule has 0 spiro atoms. The number of hydrogen-bond acceptors (Lipinski definition) is 3. The summed E-state index contributed by atoms with van der Waals surface area (Å²) in [7, 11) is 1.61. The zero-order valence-electron chi connectivity index (χ0n) is 10.7. The van der Waals surface area contributed by atoms with Crippen LogP contribution >= 0.6 is 0 Å². The van der Waals surface area contributed by atoms with Gasteiger partial charge in [-0.15, -0.1) is 0 Å². The molecule has 0 bridgehead atoms. The predicted octanol–water partition coefficient (Wildman–Crippen LogP) is 1.86. The van der Waals surface area contributed by atoms with Crippen LogP contribution in [-0.4, -0.2) is 29.1 Å². The first-order valence-electron chi connectivity index (χ1n) is 6.30. The second-order valence-electron chi connectivity index (χ2n) is 4.90. The molecular weight excluding hydrogens is 246 g/mol. The third kappa shape index (κ3) is 2.70. The highest BCUT2D eigenvalue weighted by atomic mass is 16.4. The molecule has 1 saturated carbocycles. The zero-order chi connectivity index (χ0) is 14.0. The van der Waals surface area contributed by atoms with E-state index in [9.17, 15) is 14.7 Å². The van der Waals surface area contributed by atoms with E-state index in [0.29, 0.717) is 18.5 Å². The Hall–Kier alpha value is -2.04. The fourth-order valence-electron chi connectivity index (χ4n) is 2.63. The molecule has 1 aromatic rings. The van der Waals surface area contributed by atoms with Crippen molar-refractivity contribution in [1.82, 2.24) is 0 Å². The summed E-state index contributed by atoms with van der Waals surface area (Å²) in [5.74, 6) is -2.08. The standard InChI is InChI=1S/C14H17NO4/c1-15(9-4-2-5-10(16)8-9)13(17)11-6-3-7-12(11)14(18)19/h2,4-5,8,11-12,16H,3,6-7H2,1H3,(H,18,19)/t11-,12+/m1/s1. The molecule has 2 atom stereocenters. The van der Waals surface area contributed by atoms with Gasteiger partial charge < -0.3 is 15.1 Å². The maximum absolute atomic E-state index is 12.4. The summed E-state index contributed by atoms with van der Waals surface area (Å²) < 4.78 is 0. The van der Waals surface area contributed by atoms with Gasteiger partial charge in [0.25, 0.3) is 0 Å². The van der Waals surface area contributed by atoms with Gasteiger partial charge in [0.1, 0.15) is 5.75 Å². The maximum atomic E-state index is 12.4. The molecular formula is C14H17NO4. The van der Waals surface area contributed by atoms with E-state index >= 15 is 0 Å². The molecule has 2 N–H and O–H groups in total. The summed E-state index contributed by atoms with van der Waals surface area (Å²) in [5.41, 5.74) is 0.570. The number of amides is 1. The Labute approximate surface area is 111 Å². The quantitative estimate of drug-likeness (QED) is 0.872. The summed E-state index contributed by atoms with van der Waals surface area (Å²) >= 11 is 0. The van der Waals surface area contributed by atoms with Crippen molar-refractivity contribution in [2.45, 2.75) is 19.3 Å². The fourth-order valence-corrected chi connectivity index (χ4v) is 2.63. The van der Waals surface area contributed by atoms with Gasteiger partial charge in [-0.25, -0.2) is 0 Å². The number of carbonyl (C=O) groups is 2. The van der Waals surface area contributed by atoms with Crippen LogP contribution in [0.5, 0.6) is 5.75 Å². The summed E-state index contributed by atoms with van der Waals surface area (Å²) in [6.07, 6.45) is 1.93. The molecule has 1 fully saturated rings. The lowest BCUT2D eigenvalue weighted by Crippen LogP contribution is -2.36. The Kier molecular flexibility index (Phi) is 3.74. The highest BCUT2D eigenvalue weighted by Gasteiger charge is 2.39. The normalized spacial score (nSPS) is 22.2. The molecule has 0 radical (unpaired) electrons. The van der Waals surface area contributed by atoms with E-state index in [2.05, 4.69) is 0 Å². The molecule has 0 aliphatic heterocycles. The van der Waals surface area contributed by atoms with Gasteiger partial charge in [0.15, 0.2) is 0 Å². The van der Waals surface area contributed by atoms with Gasteiger partial charge in [0.2, 0.25) is 5.91 Å². The van der Waals surface area contributed by atoms with Gasteiger partial charge >= 0.3 is 5.97 Å². The molecule has 2 rings (SSSR count). The van der Waals surface area contributed by atoms with Gasteiger partial charge in [-0.2, -0.15) is 0 Å². The number of carboxylic acids is 1. The number of benzene rings is 1. The molecule has 0 heterocycles. The van der Waals surface area contributed by atoms with Crippen molar-refractivity contribution in [3.63, 3.8) is 0 Å². The average Bonchev–Trinajstić information content (AvgIpc) is 2.86. The number of aliphatic carboxylic acids is 1. The molecule has 1 aliphatic carbocycles. The van der Waals surface area contributed by atoms with Crippen molar-refractivity contribution in [3.8, 4) is 5.75 Å². The lowest BCUT2D eigenvalue weighted by atomic mass is 9.94. The molecule has 0 unspecified atom stereocenters. The van der Waals surface area contributed by atoms with Crippen molar-refractivity contribution in [3.05, 3.63) is 24.3 Å². The van der Waals surface area contributed by atoms with E-state index in [1.807, 2.05) is 0 Å². The predicted molar refractivity (Wildman–Crippen MR) is 70.0 cm³/mol. The molecule has 0 aromatic heterocycles. The summed E-state index contributed by atoms with van der Waals surface area (Å²) in [4.78, 5) is 24.9. The van der Waals surface area contributed by atoms with Crippen LogP contribution in [0.2, 0.25) is 0 Å². The number of hydrogen-bond donors (Lipinski definition) is 2. The third-order valence-electron chi connectivity index (χ3n) is 3.70. The largest absolute Gasteiger partial charge is 0.508 e. The van der Waals surface area contributed by atoms with Crippen LogP contribution in [0.3, 0.4) is 0 Å². The highest BCUT2D eigenvalue weighted by Crippen LogP contribution is 2.34. The molecule has 102 valence electrons. The number of nitrogens with zero attached hydrogens (tertiary/aromatic N) is 1. The molecule has 1 aromatic carbocycles. The number of phenolic OH excluding ortho intramolecular Hbond substituents is 1. The van der Waals surface area contributed by atoms with Crippen molar-refractivity contribution in [2.75, 3.05) is 11.9 Å². The van der Waals surface area contributed by atoms with Gasteiger partial charge in [-0.3, -0.25) is 9.59 Å². The van der Waals surface area contributed by atoms with Crippen LogP contribution in [0.25, 0.3) is 0 Å². The monoisotopic (exact) mass is 263 g/mol. The minimum absolute atomic E-state index is 0.0818. The first kappa shape index (κ1) is 13.4. The summed E-state index contributed by atoms with van der Waals surface area (Å²) in [6, 6.07) is 6.38. The Morgan fingerprint density at radius 2 is 1.95 bits per heavy atom. The van der Waals surface area contributed by atoms with Gasteiger partial charge in [0.05, 0.1) is 11.8 Å².